The van der Waals surface area contributed by atoms with Crippen LogP contribution in [-0.2, 0) is 0 Å². The number of piperidine rings is 1. The van der Waals surface area contributed by atoms with E-state index in [-0.39, 0.29) is 0 Å². The highest BCUT2D eigenvalue weighted by molar-refractivity contribution is 4.80. The average molecular weight is 266 g/mol. The number of rotatable bonds is 5. The van der Waals surface area contributed by atoms with Crippen molar-refractivity contribution < 1.29 is 0 Å². The Morgan fingerprint density at radius 3 is 2.74 bits per heavy atom. The first-order chi connectivity index (χ1) is 9.29. The van der Waals surface area contributed by atoms with Crippen LogP contribution in [0.25, 0.3) is 0 Å². The molecule has 2 aliphatic rings. The van der Waals surface area contributed by atoms with Crippen LogP contribution in [0.2, 0.25) is 0 Å². The Labute approximate surface area is 120 Å². The highest BCUT2D eigenvalue weighted by atomic mass is 15.2. The SMILES string of the molecule is CCCC1CCCN(C(C)CC2CCCCN2)CC1. The van der Waals surface area contributed by atoms with Crippen molar-refractivity contribution in [2.75, 3.05) is 19.6 Å². The van der Waals surface area contributed by atoms with Gasteiger partial charge in [0.05, 0.1) is 0 Å². The molecule has 0 aromatic rings. The van der Waals surface area contributed by atoms with Crippen LogP contribution in [0.5, 0.6) is 0 Å². The zero-order valence-corrected chi connectivity index (χ0v) is 13.2. The number of likely N-dealkylation sites (tertiary alicyclic amines) is 1. The van der Waals surface area contributed by atoms with Crippen LogP contribution in [0, 0.1) is 5.92 Å². The Hall–Kier alpha value is -0.0800. The van der Waals surface area contributed by atoms with Crippen molar-refractivity contribution in [2.45, 2.75) is 83.7 Å². The summed E-state index contributed by atoms with van der Waals surface area (Å²) in [6, 6.07) is 1.56. The monoisotopic (exact) mass is 266 g/mol. The van der Waals surface area contributed by atoms with Gasteiger partial charge in [-0.25, -0.2) is 0 Å². The molecule has 2 fully saturated rings. The molecule has 0 aliphatic carbocycles. The molecule has 19 heavy (non-hydrogen) atoms. The molecule has 2 nitrogen and oxygen atoms in total. The lowest BCUT2D eigenvalue weighted by Crippen LogP contribution is -2.42. The van der Waals surface area contributed by atoms with E-state index in [0.717, 1.165) is 18.0 Å². The van der Waals surface area contributed by atoms with Crippen molar-refractivity contribution in [3.63, 3.8) is 0 Å². The minimum Gasteiger partial charge on any atom is -0.314 e. The van der Waals surface area contributed by atoms with Gasteiger partial charge < -0.3 is 10.2 Å². The fourth-order valence-electron chi connectivity index (χ4n) is 4.01. The number of hydrogen-bond acceptors (Lipinski definition) is 2. The Balaban J connectivity index is 1.73. The quantitative estimate of drug-likeness (QED) is 0.814. The summed E-state index contributed by atoms with van der Waals surface area (Å²) in [5.74, 6) is 1.01. The van der Waals surface area contributed by atoms with Crippen LogP contribution in [0.15, 0.2) is 0 Å². The van der Waals surface area contributed by atoms with Gasteiger partial charge in [-0.15, -0.1) is 0 Å². The number of hydrogen-bond donors (Lipinski definition) is 1. The molecule has 2 saturated heterocycles. The number of nitrogens with zero attached hydrogens (tertiary/aromatic N) is 1. The van der Waals surface area contributed by atoms with Crippen LogP contribution in [0.1, 0.15) is 71.6 Å². The maximum Gasteiger partial charge on any atom is 0.00818 e. The Bertz CT molecular complexity index is 235. The van der Waals surface area contributed by atoms with Gasteiger partial charge >= 0.3 is 0 Å². The molecule has 3 unspecified atom stereocenters. The summed E-state index contributed by atoms with van der Waals surface area (Å²) < 4.78 is 0. The Morgan fingerprint density at radius 1 is 1.11 bits per heavy atom. The molecule has 0 aromatic heterocycles. The van der Waals surface area contributed by atoms with Crippen LogP contribution in [0.3, 0.4) is 0 Å². The molecule has 0 spiro atoms. The standard InChI is InChI=1S/C17H34N2/c1-3-7-16-8-6-12-19(13-10-16)15(2)14-17-9-4-5-11-18-17/h15-18H,3-14H2,1-2H3. The van der Waals surface area contributed by atoms with Crippen molar-refractivity contribution in [2.24, 2.45) is 5.92 Å². The lowest BCUT2D eigenvalue weighted by atomic mass is 9.96. The van der Waals surface area contributed by atoms with Gasteiger partial charge in [0.2, 0.25) is 0 Å². The predicted octanol–water partition coefficient (Wildman–Crippen LogP) is 3.81. The highest BCUT2D eigenvalue weighted by Gasteiger charge is 2.23. The van der Waals surface area contributed by atoms with Crippen LogP contribution >= 0.6 is 0 Å². The molecule has 0 amide bonds. The van der Waals surface area contributed by atoms with E-state index < -0.39 is 0 Å². The lowest BCUT2D eigenvalue weighted by Gasteiger charge is -2.32. The lowest BCUT2D eigenvalue weighted by molar-refractivity contribution is 0.183. The van der Waals surface area contributed by atoms with E-state index in [2.05, 4.69) is 24.1 Å². The molecule has 3 atom stereocenters. The topological polar surface area (TPSA) is 15.3 Å². The van der Waals surface area contributed by atoms with Crippen molar-refractivity contribution in [3.05, 3.63) is 0 Å². The molecule has 112 valence electrons. The van der Waals surface area contributed by atoms with E-state index in [1.54, 1.807) is 0 Å². The third-order valence-corrected chi connectivity index (χ3v) is 5.24. The van der Waals surface area contributed by atoms with Gasteiger partial charge in [0.15, 0.2) is 0 Å². The van der Waals surface area contributed by atoms with Gasteiger partial charge in [-0.1, -0.05) is 26.2 Å². The largest absolute Gasteiger partial charge is 0.314 e. The summed E-state index contributed by atoms with van der Waals surface area (Å²) in [7, 11) is 0. The second-order valence-electron chi connectivity index (χ2n) is 6.85. The third kappa shape index (κ3) is 5.07. The summed E-state index contributed by atoms with van der Waals surface area (Å²) in [6.45, 7) is 8.72. The molecule has 1 N–H and O–H groups in total. The highest BCUT2D eigenvalue weighted by Crippen LogP contribution is 2.24. The van der Waals surface area contributed by atoms with Crippen molar-refractivity contribution >= 4 is 0 Å². The molecule has 2 aliphatic heterocycles. The normalized spacial score (nSPS) is 31.9. The second-order valence-corrected chi connectivity index (χ2v) is 6.85. The van der Waals surface area contributed by atoms with E-state index in [9.17, 15) is 0 Å². The van der Waals surface area contributed by atoms with E-state index >= 15 is 0 Å². The zero-order valence-electron chi connectivity index (χ0n) is 13.2. The fourth-order valence-corrected chi connectivity index (χ4v) is 4.01. The zero-order chi connectivity index (χ0) is 13.5. The first-order valence-corrected chi connectivity index (χ1v) is 8.77. The van der Waals surface area contributed by atoms with Gasteiger partial charge in [-0.3, -0.25) is 0 Å². The van der Waals surface area contributed by atoms with Gasteiger partial charge in [-0.05, 0) is 71.0 Å². The van der Waals surface area contributed by atoms with Crippen LogP contribution in [-0.4, -0.2) is 36.6 Å². The summed E-state index contributed by atoms with van der Waals surface area (Å²) in [6.07, 6.45) is 12.7. The van der Waals surface area contributed by atoms with Gasteiger partial charge in [-0.2, -0.15) is 0 Å². The predicted molar refractivity (Wildman–Crippen MR) is 83.5 cm³/mol. The molecule has 0 bridgehead atoms. The van der Waals surface area contributed by atoms with Gasteiger partial charge in [0, 0.05) is 12.1 Å². The smallest absolute Gasteiger partial charge is 0.00818 e. The number of nitrogens with one attached hydrogen (secondary N) is 1. The molecule has 2 heterocycles. The summed E-state index contributed by atoms with van der Waals surface area (Å²) in [4.78, 5) is 2.77. The fraction of sp³-hybridized carbons (Fsp3) is 1.00. The maximum absolute atomic E-state index is 3.71. The van der Waals surface area contributed by atoms with Gasteiger partial charge in [0.25, 0.3) is 0 Å². The molecule has 0 saturated carbocycles. The second kappa shape index (κ2) is 8.26. The van der Waals surface area contributed by atoms with Gasteiger partial charge in [0.1, 0.15) is 0 Å². The van der Waals surface area contributed by atoms with Crippen LogP contribution < -0.4 is 5.32 Å². The van der Waals surface area contributed by atoms with E-state index in [1.807, 2.05) is 0 Å². The third-order valence-electron chi connectivity index (χ3n) is 5.24. The van der Waals surface area contributed by atoms with Crippen molar-refractivity contribution in [1.82, 2.24) is 10.2 Å². The van der Waals surface area contributed by atoms with Crippen LogP contribution in [0.4, 0.5) is 0 Å². The van der Waals surface area contributed by atoms with E-state index in [4.69, 9.17) is 0 Å². The average Bonchev–Trinajstić information content (AvgIpc) is 2.66. The van der Waals surface area contributed by atoms with Crippen molar-refractivity contribution in [1.29, 1.82) is 0 Å². The first-order valence-electron chi connectivity index (χ1n) is 8.77. The van der Waals surface area contributed by atoms with E-state index in [1.165, 1.54) is 77.4 Å². The summed E-state index contributed by atoms with van der Waals surface area (Å²) in [5, 5.41) is 3.71. The minimum atomic E-state index is 0.774. The molecule has 0 radical (unpaired) electrons. The first kappa shape index (κ1) is 15.3. The Morgan fingerprint density at radius 2 is 2.00 bits per heavy atom. The van der Waals surface area contributed by atoms with Crippen molar-refractivity contribution in [3.8, 4) is 0 Å². The molecular formula is C17H34N2. The van der Waals surface area contributed by atoms with E-state index in [0.29, 0.717) is 0 Å². The maximum atomic E-state index is 3.71. The summed E-state index contributed by atoms with van der Waals surface area (Å²) >= 11 is 0. The Kier molecular flexibility index (Phi) is 6.66. The minimum absolute atomic E-state index is 0.774. The molecule has 2 heteroatoms. The summed E-state index contributed by atoms with van der Waals surface area (Å²) in [5.41, 5.74) is 0. The molecule has 2 rings (SSSR count). The molecular weight excluding hydrogens is 232 g/mol. The molecule has 0 aromatic carbocycles.